The van der Waals surface area contributed by atoms with Crippen molar-refractivity contribution in [3.05, 3.63) is 49.4 Å². The van der Waals surface area contributed by atoms with Gasteiger partial charge < -0.3 is 5.32 Å². The first-order valence-corrected chi connectivity index (χ1v) is 10.8. The Morgan fingerprint density at radius 2 is 1.83 bits per heavy atom. The molecule has 0 aliphatic heterocycles. The first-order valence-electron chi connectivity index (χ1n) is 9.56. The number of aromatic nitrogens is 1. The largest absolute Gasteiger partial charge is 0.434 e. The van der Waals surface area contributed by atoms with E-state index in [9.17, 15) is 22.8 Å². The van der Waals surface area contributed by atoms with Crippen LogP contribution in [-0.4, -0.2) is 23.1 Å². The lowest BCUT2D eigenvalue weighted by Gasteiger charge is -2.16. The number of halogens is 4. The summed E-state index contributed by atoms with van der Waals surface area (Å²) < 4.78 is 38.8. The van der Waals surface area contributed by atoms with Crippen molar-refractivity contribution in [1.82, 2.24) is 10.3 Å². The zero-order valence-electron chi connectivity index (χ0n) is 16.8. The number of hydrogen-bond acceptors (Lipinski definition) is 5. The Morgan fingerprint density at radius 3 is 2.43 bits per heavy atom. The number of nitrogens with one attached hydrogen (secondary N) is 1. The van der Waals surface area contributed by atoms with Crippen LogP contribution in [0.15, 0.2) is 12.1 Å². The second-order valence-electron chi connectivity index (χ2n) is 7.72. The normalized spacial score (nSPS) is 19.7. The molecule has 0 amide bonds. The third-order valence-electron chi connectivity index (χ3n) is 5.38. The lowest BCUT2D eigenvalue weighted by atomic mass is 9.86. The van der Waals surface area contributed by atoms with Crippen molar-refractivity contribution in [2.24, 2.45) is 5.92 Å². The van der Waals surface area contributed by atoms with E-state index in [1.165, 1.54) is 0 Å². The van der Waals surface area contributed by atoms with Crippen LogP contribution in [0.3, 0.4) is 0 Å². The molecule has 0 radical (unpaired) electrons. The Kier molecular flexibility index (Phi) is 6.69. The molecule has 2 aromatic rings. The van der Waals surface area contributed by atoms with E-state index in [0.717, 1.165) is 33.6 Å². The van der Waals surface area contributed by atoms with Gasteiger partial charge in [-0.05, 0) is 50.4 Å². The fraction of sp³-hybridized carbons (Fsp3) is 0.476. The molecule has 1 aliphatic carbocycles. The first-order chi connectivity index (χ1) is 14.0. The van der Waals surface area contributed by atoms with Gasteiger partial charge in [0, 0.05) is 18.9 Å². The molecule has 9 heteroatoms. The number of rotatable bonds is 6. The number of carbonyl (C=O) groups is 2. The zero-order chi connectivity index (χ0) is 22.2. The summed E-state index contributed by atoms with van der Waals surface area (Å²) in [6, 6.07) is 3.94. The van der Waals surface area contributed by atoms with E-state index in [2.05, 4.69) is 10.3 Å². The quantitative estimate of drug-likeness (QED) is 0.479. The van der Waals surface area contributed by atoms with Crippen molar-refractivity contribution in [1.29, 1.82) is 0 Å². The van der Waals surface area contributed by atoms with Gasteiger partial charge in [-0.15, -0.1) is 11.3 Å². The molecule has 1 aromatic carbocycles. The lowest BCUT2D eigenvalue weighted by Crippen LogP contribution is -2.22. The minimum atomic E-state index is -4.56. The SMILES string of the molecule is Cc1cc(C)c(C2C(=O)CC(CCNCc3sc(Cl)nc3C(F)(F)F)C2=O)c(C)c1. The summed E-state index contributed by atoms with van der Waals surface area (Å²) in [6.07, 6.45) is -4.01. The summed E-state index contributed by atoms with van der Waals surface area (Å²) in [5.41, 5.74) is 2.75. The molecule has 4 nitrogen and oxygen atoms in total. The lowest BCUT2D eigenvalue weighted by molar-refractivity contribution is -0.141. The van der Waals surface area contributed by atoms with E-state index >= 15 is 0 Å². The van der Waals surface area contributed by atoms with Crippen LogP contribution in [-0.2, 0) is 22.3 Å². The van der Waals surface area contributed by atoms with Crippen LogP contribution in [0, 0.1) is 26.7 Å². The van der Waals surface area contributed by atoms with Crippen molar-refractivity contribution in [3.8, 4) is 0 Å². The van der Waals surface area contributed by atoms with Gasteiger partial charge >= 0.3 is 6.18 Å². The van der Waals surface area contributed by atoms with E-state index in [-0.39, 0.29) is 33.9 Å². The molecule has 3 rings (SSSR count). The van der Waals surface area contributed by atoms with Gasteiger partial charge in [-0.2, -0.15) is 13.2 Å². The second-order valence-corrected chi connectivity index (χ2v) is 9.38. The third-order valence-corrected chi connectivity index (χ3v) is 6.54. The van der Waals surface area contributed by atoms with Gasteiger partial charge in [-0.25, -0.2) is 4.98 Å². The summed E-state index contributed by atoms with van der Waals surface area (Å²) in [5.74, 6) is -1.36. The second kappa shape index (κ2) is 8.77. The highest BCUT2D eigenvalue weighted by molar-refractivity contribution is 7.15. The standard InChI is InChI=1S/C21H22ClF3N2O2S/c1-10-6-11(2)16(12(3)7-10)17-14(28)8-13(18(17)29)4-5-26-9-15-19(21(23,24)25)27-20(22)30-15/h6-7,13,17,26H,4-5,8-9H2,1-3H3. The Hall–Kier alpha value is -1.77. The number of alkyl halides is 3. The number of Topliss-reactive ketones (excluding diaryl/α,β-unsaturated/α-hetero) is 2. The van der Waals surface area contributed by atoms with E-state index in [0.29, 0.717) is 13.0 Å². The van der Waals surface area contributed by atoms with Crippen molar-refractivity contribution >= 4 is 34.5 Å². The van der Waals surface area contributed by atoms with Crippen molar-refractivity contribution in [2.45, 2.75) is 52.3 Å². The molecule has 162 valence electrons. The van der Waals surface area contributed by atoms with Crippen LogP contribution in [0.2, 0.25) is 4.47 Å². The Labute approximate surface area is 181 Å². The van der Waals surface area contributed by atoms with Gasteiger partial charge in [0.05, 0.1) is 4.88 Å². The molecule has 1 fully saturated rings. The Balaban J connectivity index is 1.62. The van der Waals surface area contributed by atoms with Crippen LogP contribution < -0.4 is 5.32 Å². The van der Waals surface area contributed by atoms with Crippen molar-refractivity contribution < 1.29 is 22.8 Å². The zero-order valence-corrected chi connectivity index (χ0v) is 18.4. The van der Waals surface area contributed by atoms with Gasteiger partial charge in [0.2, 0.25) is 0 Å². The molecule has 1 aliphatic rings. The van der Waals surface area contributed by atoms with E-state index in [4.69, 9.17) is 11.6 Å². The molecule has 30 heavy (non-hydrogen) atoms. The summed E-state index contributed by atoms with van der Waals surface area (Å²) >= 11 is 6.41. The molecular formula is C21H22ClF3N2O2S. The van der Waals surface area contributed by atoms with Crippen LogP contribution >= 0.6 is 22.9 Å². The van der Waals surface area contributed by atoms with Crippen molar-refractivity contribution in [3.63, 3.8) is 0 Å². The fourth-order valence-electron chi connectivity index (χ4n) is 4.19. The summed E-state index contributed by atoms with van der Waals surface area (Å²) in [6.45, 7) is 6.05. The Morgan fingerprint density at radius 1 is 1.20 bits per heavy atom. The molecule has 2 atom stereocenters. The van der Waals surface area contributed by atoms with E-state index < -0.39 is 23.7 Å². The summed E-state index contributed by atoms with van der Waals surface area (Å²) in [5, 5.41) is 2.92. The predicted octanol–water partition coefficient (Wildman–Crippen LogP) is 5.16. The maximum absolute atomic E-state index is 13.0. The maximum Gasteiger partial charge on any atom is 0.434 e. The number of aryl methyl sites for hydroxylation is 3. The van der Waals surface area contributed by atoms with Crippen LogP contribution in [0.1, 0.15) is 51.6 Å². The molecule has 2 unspecified atom stereocenters. The van der Waals surface area contributed by atoms with Gasteiger partial charge in [0.25, 0.3) is 0 Å². The predicted molar refractivity (Wildman–Crippen MR) is 110 cm³/mol. The Bertz CT molecular complexity index is 964. The minimum Gasteiger partial charge on any atom is -0.312 e. The molecule has 1 N–H and O–H groups in total. The van der Waals surface area contributed by atoms with Gasteiger partial charge in [-0.3, -0.25) is 9.59 Å². The highest BCUT2D eigenvalue weighted by Gasteiger charge is 2.42. The summed E-state index contributed by atoms with van der Waals surface area (Å²) in [4.78, 5) is 28.9. The number of nitrogens with zero attached hydrogens (tertiary/aromatic N) is 1. The van der Waals surface area contributed by atoms with Crippen LogP contribution in [0.5, 0.6) is 0 Å². The average molecular weight is 459 g/mol. The molecule has 0 saturated heterocycles. The van der Waals surface area contributed by atoms with Gasteiger partial charge in [-0.1, -0.05) is 29.3 Å². The highest BCUT2D eigenvalue weighted by atomic mass is 35.5. The van der Waals surface area contributed by atoms with Gasteiger partial charge in [0.15, 0.2) is 15.9 Å². The number of ketones is 2. The highest BCUT2D eigenvalue weighted by Crippen LogP contribution is 2.38. The van der Waals surface area contributed by atoms with Gasteiger partial charge in [0.1, 0.15) is 11.7 Å². The van der Waals surface area contributed by atoms with E-state index in [1.54, 1.807) is 0 Å². The molecule has 1 aromatic heterocycles. The molecular weight excluding hydrogens is 437 g/mol. The average Bonchev–Trinajstić information content (AvgIpc) is 3.12. The number of carbonyl (C=O) groups excluding carboxylic acids is 2. The topological polar surface area (TPSA) is 59.1 Å². The third kappa shape index (κ3) is 4.76. The van der Waals surface area contributed by atoms with Crippen molar-refractivity contribution in [2.75, 3.05) is 6.54 Å². The number of hydrogen-bond donors (Lipinski definition) is 1. The van der Waals surface area contributed by atoms with E-state index in [1.807, 2.05) is 32.9 Å². The van der Waals surface area contributed by atoms with Crippen LogP contribution in [0.4, 0.5) is 13.2 Å². The first kappa shape index (κ1) is 22.9. The maximum atomic E-state index is 13.0. The number of thiazole rings is 1. The smallest absolute Gasteiger partial charge is 0.312 e. The summed E-state index contributed by atoms with van der Waals surface area (Å²) in [7, 11) is 0. The minimum absolute atomic E-state index is 0.00473. The van der Waals surface area contributed by atoms with Crippen LogP contribution in [0.25, 0.3) is 0 Å². The monoisotopic (exact) mass is 458 g/mol. The molecule has 1 heterocycles. The molecule has 0 bridgehead atoms. The molecule has 0 spiro atoms. The number of benzene rings is 1. The molecule has 1 saturated carbocycles. The fourth-order valence-corrected chi connectivity index (χ4v) is 5.33.